The van der Waals surface area contributed by atoms with Crippen molar-refractivity contribution in [3.8, 4) is 0 Å². The van der Waals surface area contributed by atoms with E-state index in [1.165, 1.54) is 24.8 Å². The van der Waals surface area contributed by atoms with Crippen LogP contribution < -0.4 is 0 Å². The number of hydrogen-bond acceptors (Lipinski definition) is 1. The fraction of sp³-hybridized carbons (Fsp3) is 0.769. The molecule has 0 aromatic heterocycles. The molecule has 0 N–H and O–H groups in total. The maximum Gasteiger partial charge on any atom is 0.142 e. The summed E-state index contributed by atoms with van der Waals surface area (Å²) in [5, 5.41) is 0. The van der Waals surface area contributed by atoms with E-state index in [2.05, 4.69) is 20.8 Å². The zero-order chi connectivity index (χ0) is 10.3. The highest BCUT2D eigenvalue weighted by Gasteiger charge is 2.52. The largest absolute Gasteiger partial charge is 0.299 e. The van der Waals surface area contributed by atoms with Gasteiger partial charge in [-0.05, 0) is 55.4 Å². The van der Waals surface area contributed by atoms with Gasteiger partial charge in [0.05, 0.1) is 0 Å². The number of allylic oxidation sites excluding steroid dienone is 2. The lowest BCUT2D eigenvalue weighted by atomic mass is 9.66. The highest BCUT2D eigenvalue weighted by Crippen LogP contribution is 2.61. The number of aldehydes is 1. The van der Waals surface area contributed by atoms with Gasteiger partial charge in [-0.2, -0.15) is 0 Å². The van der Waals surface area contributed by atoms with Gasteiger partial charge in [-0.1, -0.05) is 19.4 Å². The Morgan fingerprint density at radius 3 is 2.57 bits per heavy atom. The smallest absolute Gasteiger partial charge is 0.142 e. The molecule has 0 aliphatic heterocycles. The monoisotopic (exact) mass is 192 g/mol. The second-order valence-corrected chi connectivity index (χ2v) is 5.62. The Hall–Kier alpha value is -0.590. The van der Waals surface area contributed by atoms with Gasteiger partial charge in [0.1, 0.15) is 6.29 Å². The minimum absolute atomic E-state index is 0.423. The van der Waals surface area contributed by atoms with Gasteiger partial charge >= 0.3 is 0 Å². The second kappa shape index (κ2) is 3.22. The van der Waals surface area contributed by atoms with Crippen molar-refractivity contribution in [2.75, 3.05) is 0 Å². The normalized spacial score (nSPS) is 40.2. The SMILES string of the molecule is C/C(=C\C=O)C1C2CCC(C2)C1(C)C. The van der Waals surface area contributed by atoms with E-state index in [1.807, 2.05) is 0 Å². The molecule has 2 saturated carbocycles. The molecule has 14 heavy (non-hydrogen) atoms. The van der Waals surface area contributed by atoms with Gasteiger partial charge in [0.25, 0.3) is 0 Å². The van der Waals surface area contributed by atoms with E-state index in [4.69, 9.17) is 0 Å². The third-order valence-corrected chi connectivity index (χ3v) is 4.62. The zero-order valence-corrected chi connectivity index (χ0v) is 9.42. The zero-order valence-electron chi connectivity index (χ0n) is 9.42. The van der Waals surface area contributed by atoms with Gasteiger partial charge < -0.3 is 0 Å². The first-order chi connectivity index (χ1) is 6.57. The Balaban J connectivity index is 2.27. The molecule has 3 unspecified atom stereocenters. The number of carbonyl (C=O) groups is 1. The highest BCUT2D eigenvalue weighted by molar-refractivity contribution is 5.66. The second-order valence-electron chi connectivity index (χ2n) is 5.62. The van der Waals surface area contributed by atoms with E-state index in [0.717, 1.165) is 18.1 Å². The molecule has 0 heterocycles. The predicted molar refractivity (Wildman–Crippen MR) is 57.9 cm³/mol. The van der Waals surface area contributed by atoms with Crippen molar-refractivity contribution in [2.45, 2.75) is 40.0 Å². The molecule has 78 valence electrons. The van der Waals surface area contributed by atoms with Crippen LogP contribution in [0.3, 0.4) is 0 Å². The molecule has 1 heteroatoms. The van der Waals surface area contributed by atoms with Crippen LogP contribution in [-0.2, 0) is 4.79 Å². The van der Waals surface area contributed by atoms with Crippen molar-refractivity contribution in [2.24, 2.45) is 23.2 Å². The third-order valence-electron chi connectivity index (χ3n) is 4.62. The molecule has 0 saturated heterocycles. The van der Waals surface area contributed by atoms with Crippen LogP contribution in [0.5, 0.6) is 0 Å². The first-order valence-corrected chi connectivity index (χ1v) is 5.69. The maximum absolute atomic E-state index is 10.5. The standard InChI is InChI=1S/C13H20O/c1-9(6-7-14)12-10-4-5-11(8-10)13(12,2)3/h6-7,10-12H,4-5,8H2,1-3H3/b9-6+. The Labute approximate surface area is 86.6 Å². The lowest BCUT2D eigenvalue weighted by Crippen LogP contribution is -2.31. The minimum atomic E-state index is 0.423. The molecular weight excluding hydrogens is 172 g/mol. The van der Waals surface area contributed by atoms with Gasteiger partial charge in [-0.15, -0.1) is 0 Å². The highest BCUT2D eigenvalue weighted by atomic mass is 16.1. The first-order valence-electron chi connectivity index (χ1n) is 5.69. The molecule has 2 fully saturated rings. The molecule has 1 nitrogen and oxygen atoms in total. The molecule has 0 aromatic carbocycles. The molecular formula is C13H20O. The van der Waals surface area contributed by atoms with Crippen LogP contribution in [0.15, 0.2) is 11.6 Å². The van der Waals surface area contributed by atoms with E-state index in [9.17, 15) is 4.79 Å². The maximum atomic E-state index is 10.5. The van der Waals surface area contributed by atoms with E-state index >= 15 is 0 Å². The molecule has 0 spiro atoms. The lowest BCUT2D eigenvalue weighted by molar-refractivity contribution is -0.104. The molecule has 2 rings (SSSR count). The molecule has 2 aliphatic rings. The summed E-state index contributed by atoms with van der Waals surface area (Å²) in [4.78, 5) is 10.5. The summed E-state index contributed by atoms with van der Waals surface area (Å²) in [6.07, 6.45) is 6.89. The van der Waals surface area contributed by atoms with Gasteiger partial charge in [0.15, 0.2) is 0 Å². The Morgan fingerprint density at radius 1 is 1.36 bits per heavy atom. The number of carbonyl (C=O) groups excluding carboxylic acids is 1. The summed E-state index contributed by atoms with van der Waals surface area (Å²) in [5.74, 6) is 2.41. The third kappa shape index (κ3) is 1.25. The summed E-state index contributed by atoms with van der Waals surface area (Å²) in [7, 11) is 0. The Morgan fingerprint density at radius 2 is 2.07 bits per heavy atom. The minimum Gasteiger partial charge on any atom is -0.299 e. The molecule has 2 bridgehead atoms. The molecule has 3 atom stereocenters. The fourth-order valence-corrected chi connectivity index (χ4v) is 4.03. The van der Waals surface area contributed by atoms with Crippen molar-refractivity contribution >= 4 is 6.29 Å². The van der Waals surface area contributed by atoms with Crippen LogP contribution in [0.1, 0.15) is 40.0 Å². The number of rotatable bonds is 2. The summed E-state index contributed by atoms with van der Waals surface area (Å²) >= 11 is 0. The van der Waals surface area contributed by atoms with Crippen molar-refractivity contribution < 1.29 is 4.79 Å². The summed E-state index contributed by atoms with van der Waals surface area (Å²) in [5.41, 5.74) is 1.73. The van der Waals surface area contributed by atoms with Crippen LogP contribution in [0, 0.1) is 23.2 Å². The van der Waals surface area contributed by atoms with Gasteiger partial charge in [-0.3, -0.25) is 4.79 Å². The average molecular weight is 192 g/mol. The molecule has 0 aromatic rings. The van der Waals surface area contributed by atoms with Gasteiger partial charge in [0, 0.05) is 0 Å². The first kappa shape index (κ1) is 9.95. The van der Waals surface area contributed by atoms with Crippen LogP contribution >= 0.6 is 0 Å². The van der Waals surface area contributed by atoms with Gasteiger partial charge in [-0.25, -0.2) is 0 Å². The van der Waals surface area contributed by atoms with Crippen LogP contribution in [-0.4, -0.2) is 6.29 Å². The molecule has 0 radical (unpaired) electrons. The van der Waals surface area contributed by atoms with Crippen molar-refractivity contribution in [1.82, 2.24) is 0 Å². The topological polar surface area (TPSA) is 17.1 Å². The fourth-order valence-electron chi connectivity index (χ4n) is 4.03. The van der Waals surface area contributed by atoms with E-state index in [0.29, 0.717) is 11.3 Å². The van der Waals surface area contributed by atoms with Crippen LogP contribution in [0.4, 0.5) is 0 Å². The lowest BCUT2D eigenvalue weighted by Gasteiger charge is -2.39. The van der Waals surface area contributed by atoms with E-state index in [-0.39, 0.29) is 0 Å². The summed E-state index contributed by atoms with van der Waals surface area (Å²) in [6, 6.07) is 0. The predicted octanol–water partition coefficient (Wildman–Crippen LogP) is 3.20. The van der Waals surface area contributed by atoms with Crippen molar-refractivity contribution in [3.63, 3.8) is 0 Å². The summed E-state index contributed by atoms with van der Waals surface area (Å²) in [6.45, 7) is 6.88. The van der Waals surface area contributed by atoms with E-state index < -0.39 is 0 Å². The molecule has 0 amide bonds. The average Bonchev–Trinajstić information content (AvgIpc) is 2.61. The summed E-state index contributed by atoms with van der Waals surface area (Å²) < 4.78 is 0. The van der Waals surface area contributed by atoms with Gasteiger partial charge in [0.2, 0.25) is 0 Å². The van der Waals surface area contributed by atoms with Crippen LogP contribution in [0.2, 0.25) is 0 Å². The number of fused-ring (bicyclic) bond motifs is 2. The van der Waals surface area contributed by atoms with Crippen molar-refractivity contribution in [3.05, 3.63) is 11.6 Å². The molecule has 2 aliphatic carbocycles. The Kier molecular flexibility index (Phi) is 2.29. The number of hydrogen-bond donors (Lipinski definition) is 0. The van der Waals surface area contributed by atoms with Crippen LogP contribution in [0.25, 0.3) is 0 Å². The van der Waals surface area contributed by atoms with E-state index in [1.54, 1.807) is 6.08 Å². The Bertz CT molecular complexity index is 275. The van der Waals surface area contributed by atoms with Crippen molar-refractivity contribution in [1.29, 1.82) is 0 Å². The quantitative estimate of drug-likeness (QED) is 0.485.